The first-order valence-electron chi connectivity index (χ1n) is 8.77. The zero-order valence-electron chi connectivity index (χ0n) is 16.3. The maximum Gasteiger partial charge on any atom is 0.246 e. The van der Waals surface area contributed by atoms with Crippen LogP contribution < -0.4 is 14.4 Å². The van der Waals surface area contributed by atoms with Gasteiger partial charge in [-0.2, -0.15) is 0 Å². The van der Waals surface area contributed by atoms with Crippen LogP contribution in [0.1, 0.15) is 5.56 Å². The highest BCUT2D eigenvalue weighted by molar-refractivity contribution is 8.00. The molecule has 0 fully saturated rings. The minimum Gasteiger partial charge on any atom is -0.489 e. The average molecular weight is 465 g/mol. The third-order valence-corrected chi connectivity index (χ3v) is 6.84. The number of aromatic nitrogens is 2. The topological polar surface area (TPSA) is 101 Å². The molecule has 158 valence electrons. The molecule has 0 radical (unpaired) electrons. The van der Waals surface area contributed by atoms with Crippen molar-refractivity contribution in [2.24, 2.45) is 0 Å². The van der Waals surface area contributed by atoms with Crippen molar-refractivity contribution in [2.75, 3.05) is 28.7 Å². The van der Waals surface area contributed by atoms with Crippen LogP contribution in [0.3, 0.4) is 0 Å². The monoisotopic (exact) mass is 464 g/mol. The number of carbonyl (C=O) groups is 1. The third-order valence-electron chi connectivity index (χ3n) is 3.89. The summed E-state index contributed by atoms with van der Waals surface area (Å²) in [6, 6.07) is 16.3. The van der Waals surface area contributed by atoms with E-state index >= 15 is 0 Å². The van der Waals surface area contributed by atoms with E-state index in [4.69, 9.17) is 4.74 Å². The molecule has 1 amide bonds. The summed E-state index contributed by atoms with van der Waals surface area (Å²) in [6.45, 7) is 0.0233. The number of sulfonamides is 1. The molecule has 1 heterocycles. The van der Waals surface area contributed by atoms with Gasteiger partial charge in [0.1, 0.15) is 18.9 Å². The van der Waals surface area contributed by atoms with E-state index in [1.165, 1.54) is 23.1 Å². The first-order chi connectivity index (χ1) is 14.3. The van der Waals surface area contributed by atoms with Gasteiger partial charge in [0.05, 0.1) is 11.9 Å². The molecule has 0 aliphatic carbocycles. The van der Waals surface area contributed by atoms with Gasteiger partial charge >= 0.3 is 0 Å². The third kappa shape index (κ3) is 6.18. The van der Waals surface area contributed by atoms with E-state index in [0.717, 1.165) is 16.1 Å². The van der Waals surface area contributed by atoms with Crippen molar-refractivity contribution >= 4 is 49.8 Å². The van der Waals surface area contributed by atoms with E-state index < -0.39 is 15.9 Å². The number of carbonyl (C=O) groups excluding carboxylic acids is 1. The maximum absolute atomic E-state index is 12.4. The molecule has 0 bridgehead atoms. The molecule has 1 aromatic heterocycles. The minimum atomic E-state index is -3.68. The summed E-state index contributed by atoms with van der Waals surface area (Å²) in [6.07, 6.45) is 2.90. The number of hydrogen-bond acceptors (Lipinski definition) is 8. The predicted molar refractivity (Wildman–Crippen MR) is 120 cm³/mol. The summed E-state index contributed by atoms with van der Waals surface area (Å²) < 4.78 is 32.0. The van der Waals surface area contributed by atoms with Crippen molar-refractivity contribution in [3.8, 4) is 5.75 Å². The van der Waals surface area contributed by atoms with Crippen molar-refractivity contribution < 1.29 is 17.9 Å². The van der Waals surface area contributed by atoms with Gasteiger partial charge < -0.3 is 4.74 Å². The summed E-state index contributed by atoms with van der Waals surface area (Å²) in [5.41, 5.74) is 1.39. The second-order valence-corrected chi connectivity index (χ2v) is 10.1. The van der Waals surface area contributed by atoms with Crippen LogP contribution >= 0.6 is 23.1 Å². The van der Waals surface area contributed by atoms with E-state index in [2.05, 4.69) is 15.5 Å². The van der Waals surface area contributed by atoms with Crippen LogP contribution in [0.2, 0.25) is 0 Å². The van der Waals surface area contributed by atoms with Crippen LogP contribution in [0.25, 0.3) is 0 Å². The summed E-state index contributed by atoms with van der Waals surface area (Å²) >= 11 is 2.63. The van der Waals surface area contributed by atoms with E-state index in [1.807, 2.05) is 36.6 Å². The highest BCUT2D eigenvalue weighted by Crippen LogP contribution is 2.24. The zero-order chi connectivity index (χ0) is 21.6. The molecule has 0 atom stereocenters. The van der Waals surface area contributed by atoms with E-state index in [9.17, 15) is 13.2 Å². The molecule has 0 aliphatic heterocycles. The Morgan fingerprint density at radius 3 is 2.43 bits per heavy atom. The van der Waals surface area contributed by atoms with Crippen LogP contribution in [-0.2, 0) is 21.4 Å². The lowest BCUT2D eigenvalue weighted by molar-refractivity contribution is -0.114. The first-order valence-corrected chi connectivity index (χ1v) is 12.7. The molecule has 0 saturated heterocycles. The largest absolute Gasteiger partial charge is 0.489 e. The number of ether oxygens (including phenoxy) is 1. The van der Waals surface area contributed by atoms with Crippen molar-refractivity contribution in [3.63, 3.8) is 0 Å². The Hall–Kier alpha value is -2.63. The molecule has 0 saturated carbocycles. The average Bonchev–Trinajstić information content (AvgIpc) is 3.18. The number of hydrogen-bond donors (Lipinski definition) is 1. The molecule has 1 N–H and O–H groups in total. The molecule has 2 aromatic carbocycles. The van der Waals surface area contributed by atoms with Crippen molar-refractivity contribution in [3.05, 3.63) is 60.2 Å². The Morgan fingerprint density at radius 1 is 1.13 bits per heavy atom. The van der Waals surface area contributed by atoms with Crippen LogP contribution in [0.15, 0.2) is 58.9 Å². The van der Waals surface area contributed by atoms with Crippen LogP contribution in [0.5, 0.6) is 5.75 Å². The first kappa shape index (κ1) is 22.1. The van der Waals surface area contributed by atoms with E-state index in [1.54, 1.807) is 24.3 Å². The minimum absolute atomic E-state index is 0.322. The molecule has 8 nitrogen and oxygen atoms in total. The number of nitrogens with zero attached hydrogens (tertiary/aromatic N) is 3. The van der Waals surface area contributed by atoms with Gasteiger partial charge in [0.25, 0.3) is 0 Å². The molecule has 30 heavy (non-hydrogen) atoms. The maximum atomic E-state index is 12.4. The van der Waals surface area contributed by atoms with Crippen LogP contribution in [0, 0.1) is 0 Å². The Balaban J connectivity index is 1.66. The Kier molecular flexibility index (Phi) is 7.29. The second kappa shape index (κ2) is 9.92. The summed E-state index contributed by atoms with van der Waals surface area (Å²) in [5, 5.41) is 10.7. The van der Waals surface area contributed by atoms with Gasteiger partial charge in [-0.1, -0.05) is 53.4 Å². The molecular formula is C19H20N4O4S3. The number of nitrogens with one attached hydrogen (secondary N) is 1. The molecule has 0 aliphatic rings. The van der Waals surface area contributed by atoms with Crippen molar-refractivity contribution in [2.45, 2.75) is 10.9 Å². The molecule has 3 aromatic rings. The van der Waals surface area contributed by atoms with Crippen LogP contribution in [-0.4, -0.2) is 43.6 Å². The normalized spacial score (nSPS) is 11.1. The molecule has 11 heteroatoms. The number of thioether (sulfide) groups is 1. The van der Waals surface area contributed by atoms with Gasteiger partial charge in [0.2, 0.25) is 21.1 Å². The predicted octanol–water partition coefficient (Wildman–Crippen LogP) is 3.24. The smallest absolute Gasteiger partial charge is 0.246 e. The molecule has 0 spiro atoms. The van der Waals surface area contributed by atoms with E-state index in [-0.39, 0.29) is 6.54 Å². The van der Waals surface area contributed by atoms with E-state index in [0.29, 0.717) is 27.5 Å². The van der Waals surface area contributed by atoms with Gasteiger partial charge in [-0.25, -0.2) is 8.42 Å². The second-order valence-electron chi connectivity index (χ2n) is 6.16. The lowest BCUT2D eigenvalue weighted by Gasteiger charge is -2.21. The molecule has 0 unspecified atom stereocenters. The fourth-order valence-electron chi connectivity index (χ4n) is 2.48. The van der Waals surface area contributed by atoms with Crippen molar-refractivity contribution in [1.29, 1.82) is 0 Å². The summed E-state index contributed by atoms with van der Waals surface area (Å²) in [7, 11) is -3.68. The fraction of sp³-hybridized carbons (Fsp3) is 0.211. The highest BCUT2D eigenvalue weighted by Gasteiger charge is 2.21. The summed E-state index contributed by atoms with van der Waals surface area (Å²) in [4.78, 5) is 12.4. The number of anilines is 2. The quantitative estimate of drug-likeness (QED) is 0.383. The Bertz CT molecular complexity index is 1090. The summed E-state index contributed by atoms with van der Waals surface area (Å²) in [5.74, 6) is 0.0904. The molecular weight excluding hydrogens is 444 g/mol. The fourth-order valence-corrected chi connectivity index (χ4v) is 4.52. The van der Waals surface area contributed by atoms with Gasteiger partial charge in [0, 0.05) is 0 Å². The SMILES string of the molecule is CSc1nnc(NC(=O)CN(c2ccc(OCc3ccccc3)cc2)S(C)(=O)=O)s1. The standard InChI is InChI=1S/C19H20N4O4S3/c1-28-19-22-21-18(29-19)20-17(24)12-23(30(2,25)26)15-8-10-16(11-9-15)27-13-14-6-4-3-5-7-14/h3-11H,12-13H2,1-2H3,(H,20,21,24). The number of benzene rings is 2. The highest BCUT2D eigenvalue weighted by atomic mass is 32.2. The Labute approximate surface area is 183 Å². The lowest BCUT2D eigenvalue weighted by atomic mass is 10.2. The number of rotatable bonds is 9. The van der Waals surface area contributed by atoms with Crippen molar-refractivity contribution in [1.82, 2.24) is 10.2 Å². The van der Waals surface area contributed by atoms with Gasteiger partial charge in [0.15, 0.2) is 4.34 Å². The van der Waals surface area contributed by atoms with Gasteiger partial charge in [-0.3, -0.25) is 14.4 Å². The van der Waals surface area contributed by atoms with Gasteiger partial charge in [-0.05, 0) is 36.1 Å². The zero-order valence-corrected chi connectivity index (χ0v) is 18.8. The lowest BCUT2D eigenvalue weighted by Crippen LogP contribution is -2.37. The van der Waals surface area contributed by atoms with Gasteiger partial charge in [-0.15, -0.1) is 10.2 Å². The Morgan fingerprint density at radius 2 is 1.83 bits per heavy atom. The van der Waals surface area contributed by atoms with Crippen LogP contribution in [0.4, 0.5) is 10.8 Å². The molecule has 3 rings (SSSR count). The number of amides is 1.